The van der Waals surface area contributed by atoms with Gasteiger partial charge < -0.3 is 21.0 Å². The molecule has 0 aliphatic carbocycles. The number of hydrogen-bond acceptors (Lipinski definition) is 7. The molecule has 41 heavy (non-hydrogen) atoms. The highest BCUT2D eigenvalue weighted by molar-refractivity contribution is 8.93. The van der Waals surface area contributed by atoms with Crippen LogP contribution in [0.5, 0.6) is 0 Å². The molecule has 4 rings (SSSR count). The maximum absolute atomic E-state index is 13.1. The molecule has 216 valence electrons. The molecule has 0 fully saturated rings. The number of nitrogen functional groups attached to an aromatic ring is 1. The first kappa shape index (κ1) is 32.1. The van der Waals surface area contributed by atoms with E-state index in [9.17, 15) is 22.8 Å². The van der Waals surface area contributed by atoms with E-state index >= 15 is 0 Å². The summed E-state index contributed by atoms with van der Waals surface area (Å²) < 4.78 is 31.5. The van der Waals surface area contributed by atoms with Crippen molar-refractivity contribution in [2.75, 3.05) is 12.0 Å². The predicted molar refractivity (Wildman–Crippen MR) is 162 cm³/mol. The van der Waals surface area contributed by atoms with Crippen LogP contribution in [0.25, 0.3) is 22.1 Å². The van der Waals surface area contributed by atoms with Crippen LogP contribution in [-0.2, 0) is 26.2 Å². The lowest BCUT2D eigenvalue weighted by Gasteiger charge is -2.26. The number of hydrogen-bond donors (Lipinski definition) is 3. The first-order valence-corrected chi connectivity index (χ1v) is 14.3. The number of ketones is 1. The molecule has 1 amide bonds. The van der Waals surface area contributed by atoms with Crippen LogP contribution in [0.2, 0.25) is 10.0 Å². The minimum Gasteiger partial charge on any atom is -0.481 e. The summed E-state index contributed by atoms with van der Waals surface area (Å²) in [6.45, 7) is -0.288. The number of furan rings is 1. The third-order valence-electron chi connectivity index (χ3n) is 6.18. The molecular weight excluding hydrogens is 661 g/mol. The molecule has 10 nitrogen and oxygen atoms in total. The van der Waals surface area contributed by atoms with E-state index < -0.39 is 40.1 Å². The van der Waals surface area contributed by atoms with Gasteiger partial charge in [-0.05, 0) is 53.1 Å². The molecule has 3 aromatic carbocycles. The van der Waals surface area contributed by atoms with Gasteiger partial charge in [0.15, 0.2) is 5.76 Å². The quantitative estimate of drug-likeness (QED) is 0.198. The maximum Gasteiger partial charge on any atom is 0.305 e. The summed E-state index contributed by atoms with van der Waals surface area (Å²) in [6.07, 6.45) is 0.0982. The number of carboxylic acids is 1. The van der Waals surface area contributed by atoms with Crippen LogP contribution in [0.3, 0.4) is 0 Å². The Labute approximate surface area is 255 Å². The number of rotatable bonds is 10. The third-order valence-corrected chi connectivity index (χ3v) is 7.96. The van der Waals surface area contributed by atoms with Crippen molar-refractivity contribution in [3.8, 4) is 11.1 Å². The summed E-state index contributed by atoms with van der Waals surface area (Å²) in [5, 5.41) is 10.2. The molecule has 0 spiro atoms. The van der Waals surface area contributed by atoms with Crippen LogP contribution in [0, 0.1) is 0 Å². The number of carbonyl (C=O) groups is 3. The molecule has 4 aromatic rings. The first-order chi connectivity index (χ1) is 18.8. The molecule has 0 unspecified atom stereocenters. The topological polar surface area (TPSA) is 174 Å². The number of halogens is 3. The number of benzene rings is 3. The van der Waals surface area contributed by atoms with Gasteiger partial charge >= 0.3 is 5.97 Å². The zero-order valence-corrected chi connectivity index (χ0v) is 25.4. The molecule has 1 aromatic heterocycles. The number of amides is 1. The minimum atomic E-state index is -4.01. The van der Waals surface area contributed by atoms with Gasteiger partial charge in [-0.3, -0.25) is 14.4 Å². The molecule has 0 bridgehead atoms. The average Bonchev–Trinajstić information content (AvgIpc) is 3.20. The van der Waals surface area contributed by atoms with E-state index in [1.165, 1.54) is 18.2 Å². The molecule has 0 aliphatic heterocycles. The first-order valence-electron chi connectivity index (χ1n) is 11.6. The van der Waals surface area contributed by atoms with Crippen molar-refractivity contribution in [3.05, 3.63) is 87.6 Å². The summed E-state index contributed by atoms with van der Waals surface area (Å²) in [6, 6.07) is 14.8. The molecule has 1 atom stereocenters. The summed E-state index contributed by atoms with van der Waals surface area (Å²) in [7, 11) is -4.01. The summed E-state index contributed by atoms with van der Waals surface area (Å²) in [5.74, 6) is -3.03. The molecular formula is C27H24BrCl2N3O7S. The van der Waals surface area contributed by atoms with Crippen molar-refractivity contribution >= 4 is 84.5 Å². The second-order valence-corrected chi connectivity index (χ2v) is 11.8. The van der Waals surface area contributed by atoms with Crippen molar-refractivity contribution in [2.24, 2.45) is 5.73 Å². The van der Waals surface area contributed by atoms with Crippen molar-refractivity contribution in [2.45, 2.75) is 19.0 Å². The van der Waals surface area contributed by atoms with E-state index in [1.54, 1.807) is 42.5 Å². The highest BCUT2D eigenvalue weighted by Gasteiger charge is 2.33. The number of anilines is 1. The number of aliphatic carboxylic acids is 1. The normalized spacial score (nSPS) is 12.2. The Morgan fingerprint density at radius 2 is 1.71 bits per heavy atom. The van der Waals surface area contributed by atoms with E-state index in [-0.39, 0.29) is 45.6 Å². The molecule has 1 heterocycles. The van der Waals surface area contributed by atoms with Gasteiger partial charge in [0.1, 0.15) is 11.6 Å². The van der Waals surface area contributed by atoms with Gasteiger partial charge in [-0.1, -0.05) is 47.5 Å². The predicted octanol–water partition coefficient (Wildman–Crippen LogP) is 4.89. The van der Waals surface area contributed by atoms with E-state index in [1.807, 2.05) is 0 Å². The fraction of sp³-hybridized carbons (Fsp3) is 0.148. The van der Waals surface area contributed by atoms with Gasteiger partial charge in [0.25, 0.3) is 0 Å². The van der Waals surface area contributed by atoms with Crippen LogP contribution in [-0.4, -0.2) is 47.8 Å². The van der Waals surface area contributed by atoms with E-state index in [4.69, 9.17) is 44.2 Å². The summed E-state index contributed by atoms with van der Waals surface area (Å²) in [4.78, 5) is 36.3. The van der Waals surface area contributed by atoms with Gasteiger partial charge in [-0.2, -0.15) is 4.31 Å². The molecule has 5 N–H and O–H groups in total. The lowest BCUT2D eigenvalue weighted by atomic mass is 10.0. The van der Waals surface area contributed by atoms with Gasteiger partial charge in [0.2, 0.25) is 21.7 Å². The number of fused-ring (bicyclic) bond motifs is 1. The summed E-state index contributed by atoms with van der Waals surface area (Å²) >= 11 is 12.1. The largest absolute Gasteiger partial charge is 0.481 e. The summed E-state index contributed by atoms with van der Waals surface area (Å²) in [5.41, 5.74) is 14.0. The Balaban J connectivity index is 0.00000462. The minimum absolute atomic E-state index is 0. The maximum atomic E-state index is 13.1. The lowest BCUT2D eigenvalue weighted by molar-refractivity contribution is -0.140. The SMILES string of the molecule is Br.CS(=O)(=O)N(Cc1cccc(-c2ccc3c(N)c(C(=O)c4ccc(Cl)cc4Cl)oc3c2)c1)[C@@H](CC(=O)O)C(N)=O. The smallest absolute Gasteiger partial charge is 0.305 e. The standard InChI is InChI=1S/C27H23Cl2N3O7S.BrH/c1-40(37,38)32(21(27(31)36)12-23(33)34)13-14-3-2-4-15(9-14)16-5-7-19-22(10-16)39-26(24(19)30)25(35)18-8-6-17(28)11-20(18)29;/h2-11,21H,12-13,30H2,1H3,(H2,31,36)(H,33,34);1H/t21-;/m0./s1. The monoisotopic (exact) mass is 683 g/mol. The Hall–Kier alpha value is -3.42. The van der Waals surface area contributed by atoms with Gasteiger partial charge in [0, 0.05) is 22.5 Å². The van der Waals surface area contributed by atoms with Crippen LogP contribution >= 0.6 is 40.2 Å². The van der Waals surface area contributed by atoms with Crippen molar-refractivity contribution < 1.29 is 32.3 Å². The van der Waals surface area contributed by atoms with E-state index in [0.717, 1.165) is 10.6 Å². The zero-order valence-electron chi connectivity index (χ0n) is 21.3. The highest BCUT2D eigenvalue weighted by Crippen LogP contribution is 2.35. The van der Waals surface area contributed by atoms with Crippen LogP contribution in [0.15, 0.2) is 65.1 Å². The molecule has 0 radical (unpaired) electrons. The van der Waals surface area contributed by atoms with Crippen LogP contribution in [0.1, 0.15) is 28.1 Å². The van der Waals surface area contributed by atoms with Gasteiger partial charge in [0.05, 0.1) is 23.4 Å². The third kappa shape index (κ3) is 7.08. The second-order valence-electron chi connectivity index (χ2n) is 9.03. The Morgan fingerprint density at radius 3 is 2.32 bits per heavy atom. The fourth-order valence-electron chi connectivity index (χ4n) is 4.26. The number of nitrogens with two attached hydrogens (primary N) is 2. The average molecular weight is 685 g/mol. The van der Waals surface area contributed by atoms with Crippen molar-refractivity contribution in [1.82, 2.24) is 4.31 Å². The lowest BCUT2D eigenvalue weighted by Crippen LogP contribution is -2.48. The second kappa shape index (κ2) is 12.6. The number of sulfonamides is 1. The van der Waals surface area contributed by atoms with Gasteiger partial charge in [-0.25, -0.2) is 8.42 Å². The number of primary amides is 1. The molecule has 0 aliphatic rings. The van der Waals surface area contributed by atoms with Crippen LogP contribution in [0.4, 0.5) is 5.69 Å². The number of carboxylic acid groups (broad SMARTS) is 1. The molecule has 0 saturated carbocycles. The zero-order chi connectivity index (χ0) is 29.4. The Morgan fingerprint density at radius 1 is 1.02 bits per heavy atom. The fourth-order valence-corrected chi connectivity index (χ4v) is 5.78. The number of carbonyl (C=O) groups excluding carboxylic acids is 2. The number of nitrogens with zero attached hydrogens (tertiary/aromatic N) is 1. The van der Waals surface area contributed by atoms with E-state index in [2.05, 4.69) is 0 Å². The Kier molecular flexibility index (Phi) is 9.88. The van der Waals surface area contributed by atoms with Crippen molar-refractivity contribution in [1.29, 1.82) is 0 Å². The van der Waals surface area contributed by atoms with Gasteiger partial charge in [-0.15, -0.1) is 17.0 Å². The molecule has 14 heteroatoms. The highest BCUT2D eigenvalue weighted by atomic mass is 79.9. The van der Waals surface area contributed by atoms with Crippen molar-refractivity contribution in [3.63, 3.8) is 0 Å². The van der Waals surface area contributed by atoms with Crippen LogP contribution < -0.4 is 11.5 Å². The molecule has 0 saturated heterocycles. The Bertz CT molecular complexity index is 1780. The van der Waals surface area contributed by atoms with E-state index in [0.29, 0.717) is 32.7 Å².